The summed E-state index contributed by atoms with van der Waals surface area (Å²) in [5, 5.41) is 3.31. The van der Waals surface area contributed by atoms with Gasteiger partial charge >= 0.3 is 6.09 Å². The number of hydrazine groups is 1. The smallest absolute Gasteiger partial charge is 0.430 e. The minimum absolute atomic E-state index is 0.316. The fourth-order valence-corrected chi connectivity index (χ4v) is 1.77. The van der Waals surface area contributed by atoms with E-state index in [-0.39, 0.29) is 6.09 Å². The number of amides is 1. The third kappa shape index (κ3) is 1.58. The normalized spacial score (nSPS) is 18.5. The van der Waals surface area contributed by atoms with Crippen LogP contribution in [0.4, 0.5) is 4.79 Å². The Balaban J connectivity index is 2.30. The average Bonchev–Trinajstić information content (AvgIpc) is 2.71. The van der Waals surface area contributed by atoms with Crippen LogP contribution in [0, 0.1) is 5.92 Å². The number of carbonyl (C=O) groups is 1. The molecule has 1 amide bonds. The first-order chi connectivity index (χ1) is 7.65. The predicted octanol–water partition coefficient (Wildman–Crippen LogP) is 1.75. The molecule has 5 nitrogen and oxygen atoms in total. The number of nitrogens with zero attached hydrogens (tertiary/aromatic N) is 3. The molecular formula is C11H15N3O2. The van der Waals surface area contributed by atoms with Gasteiger partial charge in [0.05, 0.1) is 7.11 Å². The Labute approximate surface area is 94.7 Å². The molecule has 2 rings (SSSR count). The van der Waals surface area contributed by atoms with Crippen molar-refractivity contribution >= 4 is 11.9 Å². The average molecular weight is 221 g/mol. The summed E-state index contributed by atoms with van der Waals surface area (Å²) >= 11 is 0. The van der Waals surface area contributed by atoms with Gasteiger partial charge in [0.15, 0.2) is 0 Å². The van der Waals surface area contributed by atoms with E-state index < -0.39 is 0 Å². The zero-order valence-corrected chi connectivity index (χ0v) is 9.67. The van der Waals surface area contributed by atoms with Gasteiger partial charge in [-0.25, -0.2) is 14.8 Å². The molecule has 2 aliphatic rings. The van der Waals surface area contributed by atoms with Crippen LogP contribution < -0.4 is 0 Å². The Morgan fingerprint density at radius 2 is 2.31 bits per heavy atom. The molecule has 0 aromatic rings. The van der Waals surface area contributed by atoms with Crippen molar-refractivity contribution < 1.29 is 9.53 Å². The Hall–Kier alpha value is -1.78. The predicted molar refractivity (Wildman–Crippen MR) is 60.4 cm³/mol. The van der Waals surface area contributed by atoms with Gasteiger partial charge in [0.2, 0.25) is 0 Å². The molecule has 0 aliphatic carbocycles. The fraction of sp³-hybridized carbons (Fsp3) is 0.455. The molecule has 0 aromatic heterocycles. The number of allylic oxidation sites excluding steroid dienone is 3. The van der Waals surface area contributed by atoms with Crippen LogP contribution in [-0.2, 0) is 4.74 Å². The van der Waals surface area contributed by atoms with E-state index >= 15 is 0 Å². The maximum Gasteiger partial charge on any atom is 0.430 e. The van der Waals surface area contributed by atoms with Crippen LogP contribution in [0.1, 0.15) is 13.8 Å². The van der Waals surface area contributed by atoms with E-state index in [4.69, 9.17) is 4.74 Å². The highest BCUT2D eigenvalue weighted by Crippen LogP contribution is 2.26. The summed E-state index contributed by atoms with van der Waals surface area (Å²) in [5.74, 6) is 1.11. The summed E-state index contributed by atoms with van der Waals surface area (Å²) in [6.07, 6.45) is 5.44. The third-order valence-corrected chi connectivity index (χ3v) is 2.56. The van der Waals surface area contributed by atoms with Gasteiger partial charge < -0.3 is 4.74 Å². The monoisotopic (exact) mass is 221 g/mol. The summed E-state index contributed by atoms with van der Waals surface area (Å²) in [4.78, 5) is 15.9. The molecule has 0 atom stereocenters. The summed E-state index contributed by atoms with van der Waals surface area (Å²) in [7, 11) is 1.37. The minimum atomic E-state index is -0.388. The lowest BCUT2D eigenvalue weighted by molar-refractivity contribution is 0.0621. The van der Waals surface area contributed by atoms with Crippen LogP contribution in [0.2, 0.25) is 0 Å². The van der Waals surface area contributed by atoms with Crippen molar-refractivity contribution in [3.05, 3.63) is 23.9 Å². The number of hydrogen-bond donors (Lipinski definition) is 0. The molecule has 16 heavy (non-hydrogen) atoms. The van der Waals surface area contributed by atoms with Crippen molar-refractivity contribution in [1.82, 2.24) is 10.0 Å². The molecule has 0 N–H and O–H groups in total. The number of ether oxygens (including phenoxy) is 1. The van der Waals surface area contributed by atoms with E-state index in [0.717, 1.165) is 11.5 Å². The van der Waals surface area contributed by atoms with Crippen LogP contribution >= 0.6 is 0 Å². The van der Waals surface area contributed by atoms with Crippen LogP contribution in [0.5, 0.6) is 0 Å². The number of amidine groups is 1. The van der Waals surface area contributed by atoms with Crippen molar-refractivity contribution in [1.29, 1.82) is 0 Å². The van der Waals surface area contributed by atoms with Crippen LogP contribution in [0.3, 0.4) is 0 Å². The third-order valence-electron chi connectivity index (χ3n) is 2.56. The van der Waals surface area contributed by atoms with E-state index in [1.807, 2.05) is 23.2 Å². The van der Waals surface area contributed by atoms with Gasteiger partial charge in [-0.3, -0.25) is 0 Å². The Morgan fingerprint density at radius 3 is 2.94 bits per heavy atom. The molecule has 0 saturated heterocycles. The summed E-state index contributed by atoms with van der Waals surface area (Å²) in [6, 6.07) is 0. The Kier molecular flexibility index (Phi) is 2.68. The van der Waals surface area contributed by atoms with E-state index in [1.165, 1.54) is 12.1 Å². The minimum Gasteiger partial charge on any atom is -0.451 e. The number of methoxy groups -OCH3 is 1. The molecule has 5 heteroatoms. The van der Waals surface area contributed by atoms with Crippen molar-refractivity contribution in [3.63, 3.8) is 0 Å². The number of fused-ring (bicyclic) bond motifs is 1. The molecule has 0 radical (unpaired) electrons. The van der Waals surface area contributed by atoms with E-state index in [9.17, 15) is 4.79 Å². The lowest BCUT2D eigenvalue weighted by atomic mass is 10.1. The zero-order chi connectivity index (χ0) is 11.7. The molecule has 0 bridgehead atoms. The fourth-order valence-electron chi connectivity index (χ4n) is 1.77. The first kappa shape index (κ1) is 10.7. The van der Waals surface area contributed by atoms with Crippen LogP contribution in [0.15, 0.2) is 28.9 Å². The molecule has 2 heterocycles. The van der Waals surface area contributed by atoms with Gasteiger partial charge in [-0.05, 0) is 18.1 Å². The molecule has 0 fully saturated rings. The Bertz CT molecular complexity index is 396. The van der Waals surface area contributed by atoms with E-state index in [0.29, 0.717) is 12.6 Å². The maximum absolute atomic E-state index is 11.6. The molecule has 0 spiro atoms. The number of carbonyl (C=O) groups excluding carboxylic acids is 1. The highest BCUT2D eigenvalue weighted by atomic mass is 16.5. The van der Waals surface area contributed by atoms with Crippen LogP contribution in [-0.4, -0.2) is 35.7 Å². The van der Waals surface area contributed by atoms with E-state index in [2.05, 4.69) is 18.8 Å². The standard InChI is InChI=1S/C11H15N3O2/c1-8(2)9-5-4-6-10-12-7-13(14(9)10)11(15)16-3/h4-6,8H,7H2,1-3H3. The largest absolute Gasteiger partial charge is 0.451 e. The molecule has 0 unspecified atom stereocenters. The van der Waals surface area contributed by atoms with Crippen molar-refractivity contribution in [3.8, 4) is 0 Å². The topological polar surface area (TPSA) is 45.1 Å². The lowest BCUT2D eigenvalue weighted by Crippen LogP contribution is -2.45. The van der Waals surface area contributed by atoms with Gasteiger partial charge in [0.25, 0.3) is 0 Å². The molecule has 0 aromatic carbocycles. The summed E-state index contributed by atoms with van der Waals surface area (Å²) in [6.45, 7) is 4.48. The molecular weight excluding hydrogens is 206 g/mol. The van der Waals surface area contributed by atoms with Gasteiger partial charge in [0, 0.05) is 5.70 Å². The zero-order valence-electron chi connectivity index (χ0n) is 9.67. The van der Waals surface area contributed by atoms with E-state index in [1.54, 1.807) is 0 Å². The number of rotatable bonds is 1. The second-order valence-electron chi connectivity index (χ2n) is 3.94. The molecule has 86 valence electrons. The van der Waals surface area contributed by atoms with Gasteiger partial charge in [0.1, 0.15) is 12.5 Å². The number of aliphatic imine (C=N–C) groups is 1. The van der Waals surface area contributed by atoms with Gasteiger partial charge in [-0.15, -0.1) is 0 Å². The van der Waals surface area contributed by atoms with Crippen molar-refractivity contribution in [2.45, 2.75) is 13.8 Å². The SMILES string of the molecule is COC(=O)N1CN=C2C=CC=C(C(C)C)N21. The van der Waals surface area contributed by atoms with Crippen molar-refractivity contribution in [2.75, 3.05) is 13.8 Å². The highest BCUT2D eigenvalue weighted by Gasteiger charge is 2.33. The van der Waals surface area contributed by atoms with Crippen molar-refractivity contribution in [2.24, 2.45) is 10.9 Å². The molecule has 2 aliphatic heterocycles. The highest BCUT2D eigenvalue weighted by molar-refractivity contribution is 5.97. The number of hydrogen-bond acceptors (Lipinski definition) is 4. The molecule has 0 saturated carbocycles. The van der Waals surface area contributed by atoms with Crippen LogP contribution in [0.25, 0.3) is 0 Å². The Morgan fingerprint density at radius 1 is 1.56 bits per heavy atom. The summed E-state index contributed by atoms with van der Waals surface area (Å²) < 4.78 is 4.73. The maximum atomic E-state index is 11.6. The lowest BCUT2D eigenvalue weighted by Gasteiger charge is -2.33. The first-order valence-electron chi connectivity index (χ1n) is 5.23. The van der Waals surface area contributed by atoms with Gasteiger partial charge in [-0.2, -0.15) is 5.01 Å². The van der Waals surface area contributed by atoms with Gasteiger partial charge in [-0.1, -0.05) is 19.9 Å². The summed E-state index contributed by atoms with van der Waals surface area (Å²) in [5.41, 5.74) is 1.05. The quantitative estimate of drug-likeness (QED) is 0.677. The first-order valence-corrected chi connectivity index (χ1v) is 5.23. The second-order valence-corrected chi connectivity index (χ2v) is 3.94. The second kappa shape index (κ2) is 4.00.